The highest BCUT2D eigenvalue weighted by molar-refractivity contribution is 7.51. The third-order valence-corrected chi connectivity index (χ3v) is 1.09. The van der Waals surface area contributed by atoms with E-state index in [9.17, 15) is 0 Å². The lowest BCUT2D eigenvalue weighted by atomic mass is 10.2. The van der Waals surface area contributed by atoms with E-state index in [-0.39, 0.29) is 6.42 Å². The molecule has 0 heterocycles. The number of hydrogen-bond acceptors (Lipinski definition) is 4. The standard InChI is InChI=1S/C7H15N2O.O2S/c1-9(2,3)6-7(10)4-5-8;1-3-2/h7,10H,4,6H2,1-3H3;/q+1;/t7-;/m0./s1. The Morgan fingerprint density at radius 2 is 1.85 bits per heavy atom. The molecule has 0 saturated heterocycles. The first kappa shape index (κ1) is 14.7. The zero-order valence-electron chi connectivity index (χ0n) is 8.06. The van der Waals surface area contributed by atoms with E-state index in [1.165, 1.54) is 0 Å². The highest BCUT2D eigenvalue weighted by Crippen LogP contribution is 1.97. The second-order valence-corrected chi connectivity index (χ2v) is 3.69. The number of rotatable bonds is 3. The predicted octanol–water partition coefficient (Wildman–Crippen LogP) is -0.703. The van der Waals surface area contributed by atoms with Gasteiger partial charge in [-0.3, -0.25) is 0 Å². The summed E-state index contributed by atoms with van der Waals surface area (Å²) in [5.41, 5.74) is 0. The predicted molar refractivity (Wildman–Crippen MR) is 48.1 cm³/mol. The maximum atomic E-state index is 9.15. The third-order valence-electron chi connectivity index (χ3n) is 1.09. The molecule has 0 aromatic heterocycles. The molecular formula is C7H15N2O3S+. The first-order valence-corrected chi connectivity index (χ1v) is 4.31. The molecule has 0 rings (SSSR count). The minimum absolute atomic E-state index is 0.232. The monoisotopic (exact) mass is 207 g/mol. The zero-order valence-corrected chi connectivity index (χ0v) is 8.87. The van der Waals surface area contributed by atoms with Gasteiger partial charge < -0.3 is 9.59 Å². The van der Waals surface area contributed by atoms with E-state index in [0.717, 1.165) is 0 Å². The maximum Gasteiger partial charge on any atom is 0.335 e. The van der Waals surface area contributed by atoms with Gasteiger partial charge in [-0.2, -0.15) is 13.7 Å². The zero-order chi connectivity index (χ0) is 10.9. The average Bonchev–Trinajstić information content (AvgIpc) is 1.84. The molecule has 0 aromatic carbocycles. The largest absolute Gasteiger partial charge is 0.386 e. The molecule has 76 valence electrons. The van der Waals surface area contributed by atoms with Crippen molar-refractivity contribution in [2.24, 2.45) is 0 Å². The number of quaternary nitrogens is 1. The molecule has 0 aromatic rings. The van der Waals surface area contributed by atoms with Gasteiger partial charge >= 0.3 is 11.6 Å². The number of hydrogen-bond donors (Lipinski definition) is 1. The van der Waals surface area contributed by atoms with Crippen LogP contribution in [-0.2, 0) is 11.6 Å². The normalized spacial score (nSPS) is 11.9. The Kier molecular flexibility index (Phi) is 8.91. The average molecular weight is 207 g/mol. The Balaban J connectivity index is 0. The Morgan fingerprint density at radius 1 is 1.46 bits per heavy atom. The minimum Gasteiger partial charge on any atom is -0.386 e. The molecule has 0 amide bonds. The molecule has 13 heavy (non-hydrogen) atoms. The summed E-state index contributed by atoms with van der Waals surface area (Å²) < 4.78 is 17.3. The second kappa shape index (κ2) is 7.86. The molecule has 1 atom stereocenters. The van der Waals surface area contributed by atoms with E-state index < -0.39 is 17.7 Å². The van der Waals surface area contributed by atoms with E-state index in [2.05, 4.69) is 0 Å². The molecule has 0 radical (unpaired) electrons. The summed E-state index contributed by atoms with van der Waals surface area (Å²) in [5, 5.41) is 17.4. The van der Waals surface area contributed by atoms with Crippen molar-refractivity contribution in [2.75, 3.05) is 27.7 Å². The van der Waals surface area contributed by atoms with Crippen LogP contribution < -0.4 is 0 Å². The minimum atomic E-state index is -0.750. The van der Waals surface area contributed by atoms with E-state index in [0.29, 0.717) is 11.0 Å². The number of aliphatic hydroxyl groups is 1. The van der Waals surface area contributed by atoms with Crippen molar-refractivity contribution in [1.82, 2.24) is 0 Å². The van der Waals surface area contributed by atoms with Crippen LogP contribution in [0.1, 0.15) is 6.42 Å². The highest BCUT2D eigenvalue weighted by Gasteiger charge is 2.14. The fraction of sp³-hybridized carbons (Fsp3) is 0.857. The van der Waals surface area contributed by atoms with E-state index in [1.54, 1.807) is 0 Å². The van der Waals surface area contributed by atoms with Gasteiger partial charge in [0.2, 0.25) is 0 Å². The molecule has 0 fully saturated rings. The summed E-state index contributed by atoms with van der Waals surface area (Å²) in [6.45, 7) is 0.633. The van der Waals surface area contributed by atoms with Crippen molar-refractivity contribution in [3.05, 3.63) is 0 Å². The summed E-state index contributed by atoms with van der Waals surface area (Å²) in [4.78, 5) is 0. The molecule has 0 spiro atoms. The molecule has 1 N–H and O–H groups in total. The van der Waals surface area contributed by atoms with Gasteiger partial charge in [0, 0.05) is 0 Å². The fourth-order valence-corrected chi connectivity index (χ4v) is 0.802. The highest BCUT2D eigenvalue weighted by atomic mass is 32.1. The van der Waals surface area contributed by atoms with Gasteiger partial charge in [0.25, 0.3) is 0 Å². The van der Waals surface area contributed by atoms with Gasteiger partial charge in [-0.1, -0.05) is 0 Å². The number of nitrogens with zero attached hydrogens (tertiary/aromatic N) is 2. The summed E-state index contributed by atoms with van der Waals surface area (Å²) in [6, 6.07) is 1.93. The lowest BCUT2D eigenvalue weighted by Crippen LogP contribution is -2.41. The van der Waals surface area contributed by atoms with Crippen LogP contribution in [0.25, 0.3) is 0 Å². The topological polar surface area (TPSA) is 78.2 Å². The Morgan fingerprint density at radius 3 is 2.08 bits per heavy atom. The van der Waals surface area contributed by atoms with Gasteiger partial charge in [0.1, 0.15) is 12.6 Å². The molecule has 0 aliphatic heterocycles. The quantitative estimate of drug-likeness (QED) is 0.620. The number of nitriles is 1. The van der Waals surface area contributed by atoms with Gasteiger partial charge in [0.15, 0.2) is 0 Å². The molecule has 0 saturated carbocycles. The molecule has 0 aliphatic rings. The van der Waals surface area contributed by atoms with Crippen LogP contribution in [0, 0.1) is 11.3 Å². The summed E-state index contributed by atoms with van der Waals surface area (Å²) >= 11 is -0.750. The SMILES string of the molecule is C[N+](C)(C)C[C@@H](O)CC#N.O=S=O. The number of aliphatic hydroxyl groups excluding tert-OH is 1. The van der Waals surface area contributed by atoms with Crippen LogP contribution in [0.15, 0.2) is 0 Å². The van der Waals surface area contributed by atoms with Crippen LogP contribution in [0.2, 0.25) is 0 Å². The van der Waals surface area contributed by atoms with E-state index >= 15 is 0 Å². The van der Waals surface area contributed by atoms with Crippen LogP contribution in [-0.4, -0.2) is 51.8 Å². The van der Waals surface area contributed by atoms with E-state index in [1.807, 2.05) is 27.2 Å². The van der Waals surface area contributed by atoms with E-state index in [4.69, 9.17) is 18.8 Å². The maximum absolute atomic E-state index is 9.15. The van der Waals surface area contributed by atoms with Gasteiger partial charge in [0.05, 0.1) is 33.6 Å². The van der Waals surface area contributed by atoms with Crippen molar-refractivity contribution in [1.29, 1.82) is 5.26 Å². The van der Waals surface area contributed by atoms with Crippen LogP contribution in [0.4, 0.5) is 0 Å². The Labute approximate surface area is 81.8 Å². The van der Waals surface area contributed by atoms with Crippen LogP contribution in [0.3, 0.4) is 0 Å². The molecule has 6 heteroatoms. The summed E-state index contributed by atoms with van der Waals surface area (Å²) in [7, 11) is 5.96. The smallest absolute Gasteiger partial charge is 0.335 e. The Hall–Kier alpha value is -0.770. The number of likely N-dealkylation sites (N-methyl/N-ethyl adjacent to an activating group) is 1. The second-order valence-electron chi connectivity index (χ2n) is 3.56. The lowest BCUT2D eigenvalue weighted by Gasteiger charge is -2.25. The molecule has 0 aliphatic carbocycles. The molecule has 0 bridgehead atoms. The van der Waals surface area contributed by atoms with Gasteiger partial charge in [-0.05, 0) is 0 Å². The fourth-order valence-electron chi connectivity index (χ4n) is 0.802. The third kappa shape index (κ3) is 18.3. The lowest BCUT2D eigenvalue weighted by molar-refractivity contribution is -0.873. The van der Waals surface area contributed by atoms with Crippen molar-refractivity contribution in [3.8, 4) is 6.07 Å². The molecule has 0 unspecified atom stereocenters. The van der Waals surface area contributed by atoms with Gasteiger partial charge in [-0.15, -0.1) is 0 Å². The molecule has 5 nitrogen and oxygen atoms in total. The first-order chi connectivity index (χ1) is 5.87. The molecular weight excluding hydrogens is 192 g/mol. The van der Waals surface area contributed by atoms with Crippen molar-refractivity contribution in [2.45, 2.75) is 12.5 Å². The first-order valence-electron chi connectivity index (χ1n) is 3.64. The Bertz CT molecular complexity index is 201. The van der Waals surface area contributed by atoms with Crippen molar-refractivity contribution in [3.63, 3.8) is 0 Å². The van der Waals surface area contributed by atoms with Crippen molar-refractivity contribution < 1.29 is 18.0 Å². The van der Waals surface area contributed by atoms with Crippen LogP contribution >= 0.6 is 0 Å². The van der Waals surface area contributed by atoms with Crippen molar-refractivity contribution >= 4 is 11.6 Å². The summed E-state index contributed by atoms with van der Waals surface area (Å²) in [5.74, 6) is 0. The van der Waals surface area contributed by atoms with Crippen LogP contribution in [0.5, 0.6) is 0 Å². The summed E-state index contributed by atoms with van der Waals surface area (Å²) in [6.07, 6.45) is -0.250. The van der Waals surface area contributed by atoms with Gasteiger partial charge in [-0.25, -0.2) is 0 Å².